The Balaban J connectivity index is 1.97. The summed E-state index contributed by atoms with van der Waals surface area (Å²) in [6.45, 7) is 4.52. The Labute approximate surface area is 112 Å². The Morgan fingerprint density at radius 3 is 2.78 bits per heavy atom. The van der Waals surface area contributed by atoms with Crippen molar-refractivity contribution in [2.45, 2.75) is 52.0 Å². The molecular formula is C17H27N. The van der Waals surface area contributed by atoms with Gasteiger partial charge in [-0.2, -0.15) is 0 Å². The molecule has 2 rings (SSSR count). The summed E-state index contributed by atoms with van der Waals surface area (Å²) in [7, 11) is 2.12. The summed E-state index contributed by atoms with van der Waals surface area (Å²) in [6, 6.07) is 9.62. The molecule has 0 heterocycles. The lowest BCUT2D eigenvalue weighted by Gasteiger charge is -2.23. The van der Waals surface area contributed by atoms with Gasteiger partial charge >= 0.3 is 0 Å². The molecular weight excluding hydrogens is 218 g/mol. The van der Waals surface area contributed by atoms with E-state index in [2.05, 4.69) is 50.5 Å². The molecule has 100 valence electrons. The van der Waals surface area contributed by atoms with E-state index in [4.69, 9.17) is 0 Å². The van der Waals surface area contributed by atoms with Gasteiger partial charge in [0.1, 0.15) is 0 Å². The van der Waals surface area contributed by atoms with Gasteiger partial charge in [-0.15, -0.1) is 0 Å². The third-order valence-electron chi connectivity index (χ3n) is 4.64. The van der Waals surface area contributed by atoms with Crippen LogP contribution in [0.2, 0.25) is 0 Å². The van der Waals surface area contributed by atoms with Crippen LogP contribution in [0.15, 0.2) is 24.3 Å². The van der Waals surface area contributed by atoms with Crippen molar-refractivity contribution in [2.75, 3.05) is 7.05 Å². The van der Waals surface area contributed by atoms with Gasteiger partial charge in [-0.05, 0) is 50.6 Å². The summed E-state index contributed by atoms with van der Waals surface area (Å²) in [5.41, 5.74) is 2.86. The smallest absolute Gasteiger partial charge is 0.0133 e. The maximum atomic E-state index is 3.56. The minimum absolute atomic E-state index is 0.656. The van der Waals surface area contributed by atoms with Gasteiger partial charge in [0.2, 0.25) is 0 Å². The van der Waals surface area contributed by atoms with E-state index in [0.29, 0.717) is 6.04 Å². The van der Waals surface area contributed by atoms with E-state index in [-0.39, 0.29) is 0 Å². The van der Waals surface area contributed by atoms with Crippen LogP contribution in [0, 0.1) is 18.8 Å². The summed E-state index contributed by atoms with van der Waals surface area (Å²) in [5.74, 6) is 1.85. The molecule has 1 aliphatic rings. The number of nitrogens with one attached hydrogen (secondary N) is 1. The van der Waals surface area contributed by atoms with Crippen molar-refractivity contribution in [3.05, 3.63) is 35.4 Å². The SMILES string of the molecule is CCC1CCC(C(Cc2cccc(C)c2)NC)C1. The van der Waals surface area contributed by atoms with E-state index in [0.717, 1.165) is 11.8 Å². The second-order valence-corrected chi connectivity index (χ2v) is 5.94. The highest BCUT2D eigenvalue weighted by Gasteiger charge is 2.29. The van der Waals surface area contributed by atoms with Crippen LogP contribution in [0.3, 0.4) is 0 Å². The van der Waals surface area contributed by atoms with Crippen molar-refractivity contribution in [1.82, 2.24) is 5.32 Å². The first-order valence-electron chi connectivity index (χ1n) is 7.45. The van der Waals surface area contributed by atoms with Gasteiger partial charge < -0.3 is 5.32 Å². The molecule has 0 radical (unpaired) electrons. The Kier molecular flexibility index (Phi) is 4.82. The highest BCUT2D eigenvalue weighted by molar-refractivity contribution is 5.23. The lowest BCUT2D eigenvalue weighted by molar-refractivity contribution is 0.361. The number of aryl methyl sites for hydroxylation is 1. The van der Waals surface area contributed by atoms with Crippen molar-refractivity contribution >= 4 is 0 Å². The predicted octanol–water partition coefficient (Wildman–Crippen LogP) is 3.95. The molecule has 0 amide bonds. The molecule has 0 spiro atoms. The summed E-state index contributed by atoms with van der Waals surface area (Å²) in [6.07, 6.45) is 6.81. The van der Waals surface area contributed by atoms with E-state index >= 15 is 0 Å². The average molecular weight is 245 g/mol. The van der Waals surface area contributed by atoms with Crippen molar-refractivity contribution in [1.29, 1.82) is 0 Å². The first-order valence-corrected chi connectivity index (χ1v) is 7.45. The van der Waals surface area contributed by atoms with Crippen LogP contribution >= 0.6 is 0 Å². The monoisotopic (exact) mass is 245 g/mol. The summed E-state index contributed by atoms with van der Waals surface area (Å²) in [5, 5.41) is 3.56. The van der Waals surface area contributed by atoms with Crippen LogP contribution in [-0.2, 0) is 6.42 Å². The largest absolute Gasteiger partial charge is 0.316 e. The lowest BCUT2D eigenvalue weighted by Crippen LogP contribution is -2.34. The molecule has 3 unspecified atom stereocenters. The Morgan fingerprint density at radius 2 is 2.17 bits per heavy atom. The van der Waals surface area contributed by atoms with E-state index in [9.17, 15) is 0 Å². The first kappa shape index (κ1) is 13.6. The van der Waals surface area contributed by atoms with Crippen LogP contribution in [0.25, 0.3) is 0 Å². The molecule has 0 aliphatic heterocycles. The molecule has 0 aromatic heterocycles. The highest BCUT2D eigenvalue weighted by atomic mass is 14.9. The van der Waals surface area contributed by atoms with Gasteiger partial charge in [0.15, 0.2) is 0 Å². The Morgan fingerprint density at radius 1 is 1.33 bits per heavy atom. The fraction of sp³-hybridized carbons (Fsp3) is 0.647. The summed E-state index contributed by atoms with van der Waals surface area (Å²) < 4.78 is 0. The van der Waals surface area contributed by atoms with Crippen LogP contribution in [0.4, 0.5) is 0 Å². The molecule has 1 N–H and O–H groups in total. The zero-order valence-corrected chi connectivity index (χ0v) is 12.1. The van der Waals surface area contributed by atoms with Crippen molar-refractivity contribution in [3.8, 4) is 0 Å². The third-order valence-corrected chi connectivity index (χ3v) is 4.64. The van der Waals surface area contributed by atoms with Crippen molar-refractivity contribution < 1.29 is 0 Å². The first-order chi connectivity index (χ1) is 8.72. The molecule has 1 fully saturated rings. The predicted molar refractivity (Wildman–Crippen MR) is 78.9 cm³/mol. The Bertz CT molecular complexity index is 372. The molecule has 1 saturated carbocycles. The maximum absolute atomic E-state index is 3.56. The van der Waals surface area contributed by atoms with Crippen LogP contribution in [-0.4, -0.2) is 13.1 Å². The molecule has 1 aromatic rings. The number of likely N-dealkylation sites (N-methyl/N-ethyl adjacent to an activating group) is 1. The van der Waals surface area contributed by atoms with Gasteiger partial charge in [0, 0.05) is 6.04 Å². The fourth-order valence-electron chi connectivity index (χ4n) is 3.45. The van der Waals surface area contributed by atoms with Crippen LogP contribution in [0.5, 0.6) is 0 Å². The van der Waals surface area contributed by atoms with Gasteiger partial charge in [-0.1, -0.05) is 49.6 Å². The molecule has 1 aromatic carbocycles. The number of hydrogen-bond acceptors (Lipinski definition) is 1. The van der Waals surface area contributed by atoms with Crippen molar-refractivity contribution in [3.63, 3.8) is 0 Å². The average Bonchev–Trinajstić information content (AvgIpc) is 2.84. The lowest BCUT2D eigenvalue weighted by atomic mass is 9.90. The minimum Gasteiger partial charge on any atom is -0.316 e. The molecule has 1 nitrogen and oxygen atoms in total. The zero-order valence-electron chi connectivity index (χ0n) is 12.1. The maximum Gasteiger partial charge on any atom is 0.0133 e. The van der Waals surface area contributed by atoms with Crippen LogP contribution in [0.1, 0.15) is 43.7 Å². The fourth-order valence-corrected chi connectivity index (χ4v) is 3.45. The number of rotatable bonds is 5. The molecule has 18 heavy (non-hydrogen) atoms. The van der Waals surface area contributed by atoms with E-state index in [1.165, 1.54) is 43.2 Å². The molecule has 3 atom stereocenters. The number of hydrogen-bond donors (Lipinski definition) is 1. The highest BCUT2D eigenvalue weighted by Crippen LogP contribution is 2.35. The second-order valence-electron chi connectivity index (χ2n) is 5.94. The van der Waals surface area contributed by atoms with Gasteiger partial charge in [0.05, 0.1) is 0 Å². The van der Waals surface area contributed by atoms with Crippen LogP contribution < -0.4 is 5.32 Å². The molecule has 1 heteroatoms. The second kappa shape index (κ2) is 6.38. The third kappa shape index (κ3) is 3.35. The normalized spacial score (nSPS) is 25.3. The summed E-state index contributed by atoms with van der Waals surface area (Å²) >= 11 is 0. The summed E-state index contributed by atoms with van der Waals surface area (Å²) in [4.78, 5) is 0. The zero-order chi connectivity index (χ0) is 13.0. The van der Waals surface area contributed by atoms with E-state index in [1.54, 1.807) is 0 Å². The van der Waals surface area contributed by atoms with E-state index < -0.39 is 0 Å². The van der Waals surface area contributed by atoms with Gasteiger partial charge in [-0.25, -0.2) is 0 Å². The van der Waals surface area contributed by atoms with E-state index in [1.807, 2.05) is 0 Å². The Hall–Kier alpha value is -0.820. The van der Waals surface area contributed by atoms with Gasteiger partial charge in [0.25, 0.3) is 0 Å². The molecule has 0 saturated heterocycles. The van der Waals surface area contributed by atoms with Gasteiger partial charge in [-0.3, -0.25) is 0 Å². The topological polar surface area (TPSA) is 12.0 Å². The molecule has 0 bridgehead atoms. The number of benzene rings is 1. The minimum atomic E-state index is 0.656. The molecule has 1 aliphatic carbocycles. The quantitative estimate of drug-likeness (QED) is 0.828. The standard InChI is InChI=1S/C17H27N/c1-4-14-8-9-16(11-14)17(18-3)12-15-7-5-6-13(2)10-15/h5-7,10,14,16-18H,4,8-9,11-12H2,1-3H3. The van der Waals surface area contributed by atoms with Crippen molar-refractivity contribution in [2.24, 2.45) is 11.8 Å².